The molecule has 0 radical (unpaired) electrons. The van der Waals surface area contributed by atoms with Gasteiger partial charge in [-0.3, -0.25) is 0 Å². The van der Waals surface area contributed by atoms with Crippen LogP contribution in [0.1, 0.15) is 0 Å². The maximum Gasteiger partial charge on any atom is 0.165 e. The molecule has 0 aliphatic rings. The number of aromatic nitrogens is 3. The van der Waals surface area contributed by atoms with E-state index < -0.39 is 0 Å². The van der Waals surface area contributed by atoms with E-state index in [2.05, 4.69) is 164 Å². The molecule has 52 heavy (non-hydrogen) atoms. The molecule has 0 bridgehead atoms. The summed E-state index contributed by atoms with van der Waals surface area (Å²) in [6, 6.07) is 66.4. The second kappa shape index (κ2) is 12.4. The molecule has 0 unspecified atom stereocenters. The fourth-order valence-electron chi connectivity index (χ4n) is 7.69. The van der Waals surface area contributed by atoms with Gasteiger partial charge >= 0.3 is 0 Å². The minimum atomic E-state index is 0.638. The number of hydrogen-bond donors (Lipinski definition) is 0. The van der Waals surface area contributed by atoms with Gasteiger partial charge in [0.2, 0.25) is 0 Å². The fraction of sp³-hybridized carbons (Fsp3) is 0. The lowest BCUT2D eigenvalue weighted by atomic mass is 9.84. The maximum absolute atomic E-state index is 5.34. The van der Waals surface area contributed by atoms with Crippen LogP contribution in [0.5, 0.6) is 0 Å². The molecule has 1 heterocycles. The first-order valence-electron chi connectivity index (χ1n) is 17.6. The van der Waals surface area contributed by atoms with Crippen LogP contribution in [0.25, 0.3) is 99.5 Å². The van der Waals surface area contributed by atoms with Crippen molar-refractivity contribution in [2.24, 2.45) is 0 Å². The van der Waals surface area contributed by atoms with Crippen LogP contribution in [0, 0.1) is 0 Å². The summed E-state index contributed by atoms with van der Waals surface area (Å²) in [6.07, 6.45) is 0. The van der Waals surface area contributed by atoms with Crippen LogP contribution in [0.3, 0.4) is 0 Å². The highest BCUT2D eigenvalue weighted by atomic mass is 15.0. The molecule has 3 nitrogen and oxygen atoms in total. The number of hydrogen-bond acceptors (Lipinski definition) is 3. The van der Waals surface area contributed by atoms with Crippen molar-refractivity contribution in [1.29, 1.82) is 0 Å². The third-order valence-corrected chi connectivity index (χ3v) is 10.1. The van der Waals surface area contributed by atoms with Gasteiger partial charge in [0.05, 0.1) is 0 Å². The van der Waals surface area contributed by atoms with Crippen molar-refractivity contribution in [3.05, 3.63) is 188 Å². The molecule has 1 aromatic heterocycles. The van der Waals surface area contributed by atoms with Crippen LogP contribution < -0.4 is 0 Å². The van der Waals surface area contributed by atoms with Gasteiger partial charge in [-0.2, -0.15) is 0 Å². The third kappa shape index (κ3) is 5.02. The van der Waals surface area contributed by atoms with E-state index in [4.69, 9.17) is 15.0 Å². The van der Waals surface area contributed by atoms with Gasteiger partial charge in [0.1, 0.15) is 0 Å². The molecule has 0 atom stereocenters. The van der Waals surface area contributed by atoms with E-state index in [1.54, 1.807) is 0 Å². The van der Waals surface area contributed by atoms with E-state index in [0.717, 1.165) is 43.8 Å². The largest absolute Gasteiger partial charge is 0.208 e. The first-order valence-corrected chi connectivity index (χ1v) is 17.6. The lowest BCUT2D eigenvalue weighted by Gasteiger charge is -2.20. The van der Waals surface area contributed by atoms with Crippen LogP contribution >= 0.6 is 0 Å². The quantitative estimate of drug-likeness (QED) is 0.136. The van der Waals surface area contributed by atoms with Gasteiger partial charge in [0.15, 0.2) is 17.5 Å². The standard InChI is InChI=1S/C49H31N3/c1-3-14-32(15-4-1)33-26-28-37(29-27-33)48-50-47(36-18-5-2-6-19-36)51-49(52-48)46-42-24-12-11-23-41(42)44(40-25-13-20-34-16-7-9-21-38(34)40)43-31-30-35-17-8-10-22-39(35)45(43)46/h1-31H. The molecule has 0 amide bonds. The second-order valence-corrected chi connectivity index (χ2v) is 13.1. The molecule has 0 saturated carbocycles. The van der Waals surface area contributed by atoms with Gasteiger partial charge in [-0.1, -0.05) is 188 Å². The Balaban J connectivity index is 1.31. The van der Waals surface area contributed by atoms with Crippen LogP contribution in [0.15, 0.2) is 188 Å². The normalized spacial score (nSPS) is 11.5. The Morgan fingerprint density at radius 1 is 0.250 bits per heavy atom. The van der Waals surface area contributed by atoms with E-state index in [1.807, 2.05) is 24.3 Å². The lowest BCUT2D eigenvalue weighted by molar-refractivity contribution is 1.08. The van der Waals surface area contributed by atoms with Crippen LogP contribution in [-0.2, 0) is 0 Å². The Labute approximate surface area is 301 Å². The number of benzene rings is 9. The minimum absolute atomic E-state index is 0.638. The third-order valence-electron chi connectivity index (χ3n) is 10.1. The Kier molecular flexibility index (Phi) is 7.14. The molecule has 10 rings (SSSR count). The van der Waals surface area contributed by atoms with E-state index in [9.17, 15) is 0 Å². The molecule has 0 aliphatic heterocycles. The molecular weight excluding hydrogens is 631 g/mol. The molecule has 0 fully saturated rings. The molecule has 0 saturated heterocycles. The molecule has 242 valence electrons. The van der Waals surface area contributed by atoms with E-state index in [1.165, 1.54) is 38.2 Å². The Morgan fingerprint density at radius 3 is 1.40 bits per heavy atom. The molecule has 0 N–H and O–H groups in total. The monoisotopic (exact) mass is 661 g/mol. The van der Waals surface area contributed by atoms with Crippen LogP contribution in [0.2, 0.25) is 0 Å². The highest BCUT2D eigenvalue weighted by Gasteiger charge is 2.23. The second-order valence-electron chi connectivity index (χ2n) is 13.1. The van der Waals surface area contributed by atoms with Crippen molar-refractivity contribution in [3.8, 4) is 56.4 Å². The lowest BCUT2D eigenvalue weighted by Crippen LogP contribution is -2.02. The van der Waals surface area contributed by atoms with E-state index in [-0.39, 0.29) is 0 Å². The first kappa shape index (κ1) is 29.9. The summed E-state index contributed by atoms with van der Waals surface area (Å²) >= 11 is 0. The topological polar surface area (TPSA) is 38.7 Å². The molecular formula is C49H31N3. The zero-order chi connectivity index (χ0) is 34.4. The first-order chi connectivity index (χ1) is 25.8. The molecule has 0 spiro atoms. The SMILES string of the molecule is c1ccc(-c2ccc(-c3nc(-c4ccccc4)nc(-c4c5ccccc5c(-c5cccc6ccccc56)c5ccc6ccccc6c45)n3)cc2)cc1. The van der Waals surface area contributed by atoms with Crippen molar-refractivity contribution >= 4 is 43.1 Å². The predicted octanol–water partition coefficient (Wildman–Crippen LogP) is 12.8. The van der Waals surface area contributed by atoms with Crippen molar-refractivity contribution in [2.45, 2.75) is 0 Å². The van der Waals surface area contributed by atoms with Gasteiger partial charge in [-0.05, 0) is 60.0 Å². The number of nitrogens with zero attached hydrogens (tertiary/aromatic N) is 3. The van der Waals surface area contributed by atoms with Crippen molar-refractivity contribution in [3.63, 3.8) is 0 Å². The zero-order valence-electron chi connectivity index (χ0n) is 28.2. The van der Waals surface area contributed by atoms with Crippen LogP contribution in [-0.4, -0.2) is 15.0 Å². The molecule has 3 heteroatoms. The summed E-state index contributed by atoms with van der Waals surface area (Å²) < 4.78 is 0. The van der Waals surface area contributed by atoms with E-state index >= 15 is 0 Å². The van der Waals surface area contributed by atoms with Crippen molar-refractivity contribution in [2.75, 3.05) is 0 Å². The highest BCUT2D eigenvalue weighted by molar-refractivity contribution is 6.28. The van der Waals surface area contributed by atoms with Crippen molar-refractivity contribution in [1.82, 2.24) is 15.0 Å². The van der Waals surface area contributed by atoms with Gasteiger partial charge in [-0.15, -0.1) is 0 Å². The zero-order valence-corrected chi connectivity index (χ0v) is 28.2. The maximum atomic E-state index is 5.34. The summed E-state index contributed by atoms with van der Waals surface area (Å²) in [6.45, 7) is 0. The number of rotatable bonds is 5. The fourth-order valence-corrected chi connectivity index (χ4v) is 7.69. The van der Waals surface area contributed by atoms with Gasteiger partial charge in [0, 0.05) is 22.1 Å². The number of fused-ring (bicyclic) bond motifs is 5. The Morgan fingerprint density at radius 2 is 0.712 bits per heavy atom. The minimum Gasteiger partial charge on any atom is -0.208 e. The average Bonchev–Trinajstić information content (AvgIpc) is 3.23. The summed E-state index contributed by atoms with van der Waals surface area (Å²) in [5.74, 6) is 1.93. The smallest absolute Gasteiger partial charge is 0.165 e. The summed E-state index contributed by atoms with van der Waals surface area (Å²) in [5, 5.41) is 9.34. The highest BCUT2D eigenvalue weighted by Crippen LogP contribution is 2.47. The van der Waals surface area contributed by atoms with Crippen LogP contribution in [0.4, 0.5) is 0 Å². The Bertz CT molecular complexity index is 2930. The summed E-state index contributed by atoms with van der Waals surface area (Å²) in [5.41, 5.74) is 7.63. The Hall–Kier alpha value is -6.97. The summed E-state index contributed by atoms with van der Waals surface area (Å²) in [7, 11) is 0. The van der Waals surface area contributed by atoms with Gasteiger partial charge < -0.3 is 0 Å². The average molecular weight is 662 g/mol. The summed E-state index contributed by atoms with van der Waals surface area (Å²) in [4.78, 5) is 15.7. The molecule has 9 aromatic carbocycles. The molecule has 0 aliphatic carbocycles. The molecule has 10 aromatic rings. The van der Waals surface area contributed by atoms with Crippen molar-refractivity contribution < 1.29 is 0 Å². The van der Waals surface area contributed by atoms with Gasteiger partial charge in [0.25, 0.3) is 0 Å². The van der Waals surface area contributed by atoms with Gasteiger partial charge in [-0.25, -0.2) is 15.0 Å². The predicted molar refractivity (Wildman–Crippen MR) is 217 cm³/mol. The van der Waals surface area contributed by atoms with E-state index in [0.29, 0.717) is 17.5 Å².